The first-order valence-electron chi connectivity index (χ1n) is 8.07. The first-order valence-corrected chi connectivity index (χ1v) is 8.07. The summed E-state index contributed by atoms with van der Waals surface area (Å²) in [5.74, 6) is -1.24. The van der Waals surface area contributed by atoms with E-state index in [1.54, 1.807) is 0 Å². The first kappa shape index (κ1) is 17.2. The predicted octanol–water partition coefficient (Wildman–Crippen LogP) is 3.01. The molecule has 1 aliphatic carbocycles. The van der Waals surface area contributed by atoms with Gasteiger partial charge in [-0.2, -0.15) is 0 Å². The van der Waals surface area contributed by atoms with Crippen molar-refractivity contribution >= 4 is 11.8 Å². The van der Waals surface area contributed by atoms with Gasteiger partial charge in [-0.15, -0.1) is 0 Å². The Kier molecular flexibility index (Phi) is 8.51. The summed E-state index contributed by atoms with van der Waals surface area (Å²) in [4.78, 5) is 23.4. The van der Waals surface area contributed by atoms with E-state index in [0.29, 0.717) is 12.8 Å². The lowest BCUT2D eigenvalue weighted by Gasteiger charge is -2.27. The van der Waals surface area contributed by atoms with Crippen LogP contribution in [0.3, 0.4) is 0 Å². The number of aliphatic carboxylic acids is 1. The van der Waals surface area contributed by atoms with Crippen LogP contribution in [0.2, 0.25) is 0 Å². The quantitative estimate of drug-likeness (QED) is 0.605. The molecule has 2 N–H and O–H groups in total. The van der Waals surface area contributed by atoms with E-state index in [0.717, 1.165) is 38.6 Å². The molecular formula is C16H29NO3. The predicted molar refractivity (Wildman–Crippen MR) is 79.7 cm³/mol. The van der Waals surface area contributed by atoms with E-state index in [1.807, 2.05) is 7.05 Å². The summed E-state index contributed by atoms with van der Waals surface area (Å²) in [6.45, 7) is 1.06. The second kappa shape index (κ2) is 9.92. The van der Waals surface area contributed by atoms with Crippen molar-refractivity contribution in [1.82, 2.24) is 5.32 Å². The van der Waals surface area contributed by atoms with Gasteiger partial charge in [0.1, 0.15) is 5.78 Å². The molecule has 4 nitrogen and oxygen atoms in total. The van der Waals surface area contributed by atoms with Crippen molar-refractivity contribution in [2.24, 2.45) is 11.8 Å². The molecule has 0 radical (unpaired) electrons. The van der Waals surface area contributed by atoms with E-state index in [2.05, 4.69) is 5.32 Å². The minimum Gasteiger partial charge on any atom is -0.481 e. The summed E-state index contributed by atoms with van der Waals surface area (Å²) in [7, 11) is 1.96. The molecule has 0 aromatic heterocycles. The molecule has 0 aliphatic heterocycles. The van der Waals surface area contributed by atoms with Crippen molar-refractivity contribution in [3.63, 3.8) is 0 Å². The lowest BCUT2D eigenvalue weighted by molar-refractivity contribution is -0.148. The van der Waals surface area contributed by atoms with Crippen LogP contribution in [0.4, 0.5) is 0 Å². The Morgan fingerprint density at radius 3 is 2.25 bits per heavy atom. The van der Waals surface area contributed by atoms with Crippen LogP contribution in [0.15, 0.2) is 0 Å². The van der Waals surface area contributed by atoms with Gasteiger partial charge in [-0.3, -0.25) is 9.59 Å². The number of unbranched alkanes of at least 4 members (excludes halogenated alkanes) is 4. The van der Waals surface area contributed by atoms with Gasteiger partial charge >= 0.3 is 5.97 Å². The van der Waals surface area contributed by atoms with Crippen LogP contribution in [0.25, 0.3) is 0 Å². The fraction of sp³-hybridized carbons (Fsp3) is 0.875. The van der Waals surface area contributed by atoms with Crippen molar-refractivity contribution in [3.05, 3.63) is 0 Å². The van der Waals surface area contributed by atoms with E-state index in [9.17, 15) is 14.7 Å². The Morgan fingerprint density at radius 2 is 1.60 bits per heavy atom. The minimum absolute atomic E-state index is 0.187. The fourth-order valence-electron chi connectivity index (χ4n) is 3.13. The molecule has 20 heavy (non-hydrogen) atoms. The van der Waals surface area contributed by atoms with Crippen molar-refractivity contribution in [1.29, 1.82) is 0 Å². The van der Waals surface area contributed by atoms with Gasteiger partial charge in [0.25, 0.3) is 0 Å². The van der Waals surface area contributed by atoms with Gasteiger partial charge in [-0.05, 0) is 39.3 Å². The Bertz CT molecular complexity index is 304. The molecule has 1 fully saturated rings. The maximum Gasteiger partial charge on any atom is 0.307 e. The van der Waals surface area contributed by atoms with Crippen LogP contribution in [0, 0.1) is 11.8 Å². The highest BCUT2D eigenvalue weighted by Gasteiger charge is 2.34. The van der Waals surface area contributed by atoms with Gasteiger partial charge in [-0.25, -0.2) is 0 Å². The molecule has 2 atom stereocenters. The number of carboxylic acids is 1. The fourth-order valence-corrected chi connectivity index (χ4v) is 3.13. The maximum absolute atomic E-state index is 12.2. The van der Waals surface area contributed by atoms with Crippen LogP contribution < -0.4 is 5.32 Å². The molecule has 0 amide bonds. The topological polar surface area (TPSA) is 66.4 Å². The van der Waals surface area contributed by atoms with Crippen molar-refractivity contribution in [2.45, 2.75) is 64.2 Å². The summed E-state index contributed by atoms with van der Waals surface area (Å²) in [6.07, 6.45) is 9.54. The summed E-state index contributed by atoms with van der Waals surface area (Å²) in [6, 6.07) is 0. The number of nitrogens with one attached hydrogen (secondary N) is 1. The first-order chi connectivity index (χ1) is 9.66. The molecule has 0 unspecified atom stereocenters. The van der Waals surface area contributed by atoms with E-state index in [1.165, 1.54) is 19.3 Å². The number of carbonyl (C=O) groups is 2. The number of rotatable bonds is 10. The number of carbonyl (C=O) groups excluding carboxylic acids is 1. The van der Waals surface area contributed by atoms with Crippen molar-refractivity contribution in [3.8, 4) is 0 Å². The van der Waals surface area contributed by atoms with Gasteiger partial charge < -0.3 is 10.4 Å². The third-order valence-corrected chi connectivity index (χ3v) is 4.35. The van der Waals surface area contributed by atoms with Gasteiger partial charge in [0.05, 0.1) is 5.92 Å². The highest BCUT2D eigenvalue weighted by Crippen LogP contribution is 2.32. The summed E-state index contributed by atoms with van der Waals surface area (Å²) in [5, 5.41) is 12.3. The molecule has 0 aromatic carbocycles. The summed E-state index contributed by atoms with van der Waals surface area (Å²) >= 11 is 0. The normalized spacial score (nSPS) is 22.6. The molecule has 1 aliphatic rings. The Morgan fingerprint density at radius 1 is 1.00 bits per heavy atom. The molecule has 4 heteroatoms. The Balaban J connectivity index is 2.19. The Hall–Kier alpha value is -0.900. The highest BCUT2D eigenvalue weighted by molar-refractivity contribution is 5.86. The zero-order valence-electron chi connectivity index (χ0n) is 12.7. The molecule has 0 aromatic rings. The lowest BCUT2D eigenvalue weighted by atomic mass is 9.76. The van der Waals surface area contributed by atoms with Crippen molar-refractivity contribution in [2.75, 3.05) is 13.6 Å². The van der Waals surface area contributed by atoms with Gasteiger partial charge in [0.2, 0.25) is 0 Å². The molecule has 0 saturated heterocycles. The average Bonchev–Trinajstić information content (AvgIpc) is 2.46. The number of hydrogen-bond donors (Lipinski definition) is 2. The monoisotopic (exact) mass is 283 g/mol. The highest BCUT2D eigenvalue weighted by atomic mass is 16.4. The van der Waals surface area contributed by atoms with Crippen molar-refractivity contribution < 1.29 is 14.7 Å². The minimum atomic E-state index is -0.782. The zero-order valence-corrected chi connectivity index (χ0v) is 12.7. The molecule has 0 heterocycles. The van der Waals surface area contributed by atoms with Gasteiger partial charge in [0, 0.05) is 12.3 Å². The van der Waals surface area contributed by atoms with Crippen LogP contribution in [0.5, 0.6) is 0 Å². The van der Waals surface area contributed by atoms with E-state index in [-0.39, 0.29) is 11.7 Å². The standard InChI is InChI=1S/C16H29NO3/c1-17-12-8-4-2-3-5-11-15(18)13-9-6-7-10-14(13)16(19)20/h13-14,17H,2-12H2,1H3,(H,19,20)/t13-,14+/m1/s1. The second-order valence-corrected chi connectivity index (χ2v) is 5.92. The molecule has 1 saturated carbocycles. The van der Waals surface area contributed by atoms with Gasteiger partial charge in [0.15, 0.2) is 0 Å². The third kappa shape index (κ3) is 6.04. The smallest absolute Gasteiger partial charge is 0.307 e. The summed E-state index contributed by atoms with van der Waals surface area (Å²) in [5.41, 5.74) is 0. The van der Waals surface area contributed by atoms with E-state index >= 15 is 0 Å². The molecule has 1 rings (SSSR count). The second-order valence-electron chi connectivity index (χ2n) is 5.92. The number of Topliss-reactive ketones (excluding diaryl/α,β-unsaturated/α-hetero) is 1. The van der Waals surface area contributed by atoms with E-state index < -0.39 is 11.9 Å². The number of ketones is 1. The molecule has 116 valence electrons. The third-order valence-electron chi connectivity index (χ3n) is 4.35. The molecule has 0 bridgehead atoms. The lowest BCUT2D eigenvalue weighted by Crippen LogP contribution is -2.32. The number of carboxylic acid groups (broad SMARTS) is 1. The SMILES string of the molecule is CNCCCCCCCC(=O)[C@@H]1CCCC[C@@H]1C(=O)O. The van der Waals surface area contributed by atoms with Crippen LogP contribution >= 0.6 is 0 Å². The maximum atomic E-state index is 12.2. The van der Waals surface area contributed by atoms with E-state index in [4.69, 9.17) is 0 Å². The van der Waals surface area contributed by atoms with Crippen LogP contribution in [0.1, 0.15) is 64.2 Å². The Labute approximate surface area is 122 Å². The molecule has 0 spiro atoms. The van der Waals surface area contributed by atoms with Gasteiger partial charge in [-0.1, -0.05) is 32.1 Å². The zero-order chi connectivity index (χ0) is 14.8. The average molecular weight is 283 g/mol. The largest absolute Gasteiger partial charge is 0.481 e. The summed E-state index contributed by atoms with van der Waals surface area (Å²) < 4.78 is 0. The number of hydrogen-bond acceptors (Lipinski definition) is 3. The van der Waals surface area contributed by atoms with Crippen LogP contribution in [-0.2, 0) is 9.59 Å². The van der Waals surface area contributed by atoms with Crippen LogP contribution in [-0.4, -0.2) is 30.5 Å². The molecular weight excluding hydrogens is 254 g/mol.